The van der Waals surface area contributed by atoms with Gasteiger partial charge in [0, 0.05) is 24.1 Å². The quantitative estimate of drug-likeness (QED) is 0.561. The van der Waals surface area contributed by atoms with E-state index in [0.717, 1.165) is 74.8 Å². The summed E-state index contributed by atoms with van der Waals surface area (Å²) in [4.78, 5) is 2.47. The predicted octanol–water partition coefficient (Wildman–Crippen LogP) is 3.45. The first kappa shape index (κ1) is 20.5. The van der Waals surface area contributed by atoms with Crippen LogP contribution in [0.25, 0.3) is 0 Å². The SMILES string of the molecule is CCCOc1cc(Br)c(CNCCCN2CCOCC2)cc1OCC. The van der Waals surface area contributed by atoms with Gasteiger partial charge in [0.05, 0.1) is 26.4 Å². The van der Waals surface area contributed by atoms with Gasteiger partial charge in [-0.3, -0.25) is 4.90 Å². The largest absolute Gasteiger partial charge is 0.490 e. The summed E-state index contributed by atoms with van der Waals surface area (Å²) in [6, 6.07) is 4.10. The molecule has 1 fully saturated rings. The summed E-state index contributed by atoms with van der Waals surface area (Å²) in [5.41, 5.74) is 1.19. The number of ether oxygens (including phenoxy) is 3. The number of rotatable bonds is 11. The molecule has 1 aliphatic rings. The Morgan fingerprint density at radius 3 is 2.64 bits per heavy atom. The standard InChI is InChI=1S/C19H31BrN2O3/c1-3-10-25-19-14-17(20)16(13-18(19)24-4-2)15-21-6-5-7-22-8-11-23-12-9-22/h13-14,21H,3-12,15H2,1-2H3. The molecule has 1 aliphatic heterocycles. The summed E-state index contributed by atoms with van der Waals surface area (Å²) >= 11 is 3.66. The molecule has 0 aromatic heterocycles. The minimum absolute atomic E-state index is 0.635. The lowest BCUT2D eigenvalue weighted by Gasteiger charge is -2.26. The van der Waals surface area contributed by atoms with Crippen LogP contribution in [-0.2, 0) is 11.3 Å². The summed E-state index contributed by atoms with van der Waals surface area (Å²) in [7, 11) is 0. The van der Waals surface area contributed by atoms with Gasteiger partial charge in [-0.05, 0) is 50.6 Å². The van der Waals surface area contributed by atoms with E-state index >= 15 is 0 Å². The molecule has 25 heavy (non-hydrogen) atoms. The Kier molecular flexibility index (Phi) is 9.61. The van der Waals surface area contributed by atoms with Crippen molar-refractivity contribution in [3.05, 3.63) is 22.2 Å². The first-order chi connectivity index (χ1) is 12.2. The molecule has 0 bridgehead atoms. The number of morpholine rings is 1. The van der Waals surface area contributed by atoms with Crippen LogP contribution < -0.4 is 14.8 Å². The van der Waals surface area contributed by atoms with Crippen LogP contribution in [-0.4, -0.2) is 57.5 Å². The minimum Gasteiger partial charge on any atom is -0.490 e. The van der Waals surface area contributed by atoms with Crippen molar-refractivity contribution < 1.29 is 14.2 Å². The van der Waals surface area contributed by atoms with E-state index in [0.29, 0.717) is 13.2 Å². The van der Waals surface area contributed by atoms with Crippen molar-refractivity contribution in [1.29, 1.82) is 0 Å². The van der Waals surface area contributed by atoms with Gasteiger partial charge in [0.2, 0.25) is 0 Å². The highest BCUT2D eigenvalue weighted by Crippen LogP contribution is 2.34. The second-order valence-corrected chi connectivity index (χ2v) is 7.01. The fourth-order valence-electron chi connectivity index (χ4n) is 2.78. The Hall–Kier alpha value is -0.820. The Labute approximate surface area is 160 Å². The number of halogens is 1. The third kappa shape index (κ3) is 7.13. The van der Waals surface area contributed by atoms with Crippen LogP contribution in [0.4, 0.5) is 0 Å². The molecule has 1 N–H and O–H groups in total. The molecule has 1 aromatic rings. The maximum absolute atomic E-state index is 5.79. The number of hydrogen-bond acceptors (Lipinski definition) is 5. The molecule has 1 aromatic carbocycles. The van der Waals surface area contributed by atoms with E-state index in [1.54, 1.807) is 0 Å². The Morgan fingerprint density at radius 2 is 1.92 bits per heavy atom. The predicted molar refractivity (Wildman–Crippen MR) is 105 cm³/mol. The molecule has 0 aliphatic carbocycles. The smallest absolute Gasteiger partial charge is 0.162 e. The fraction of sp³-hybridized carbons (Fsp3) is 0.684. The molecule has 6 heteroatoms. The van der Waals surface area contributed by atoms with Crippen molar-refractivity contribution in [3.63, 3.8) is 0 Å². The normalized spacial score (nSPS) is 15.3. The van der Waals surface area contributed by atoms with Crippen LogP contribution in [0.2, 0.25) is 0 Å². The molecule has 142 valence electrons. The van der Waals surface area contributed by atoms with Crippen LogP contribution >= 0.6 is 15.9 Å². The molecule has 5 nitrogen and oxygen atoms in total. The third-order valence-electron chi connectivity index (χ3n) is 4.12. The second-order valence-electron chi connectivity index (χ2n) is 6.16. The first-order valence-corrected chi connectivity index (χ1v) is 10.1. The number of nitrogens with zero attached hydrogens (tertiary/aromatic N) is 1. The zero-order valence-electron chi connectivity index (χ0n) is 15.5. The van der Waals surface area contributed by atoms with Gasteiger partial charge < -0.3 is 19.5 Å². The van der Waals surface area contributed by atoms with Crippen molar-refractivity contribution in [2.75, 3.05) is 52.6 Å². The lowest BCUT2D eigenvalue weighted by Crippen LogP contribution is -2.37. The third-order valence-corrected chi connectivity index (χ3v) is 4.86. The van der Waals surface area contributed by atoms with Gasteiger partial charge in [0.1, 0.15) is 0 Å². The topological polar surface area (TPSA) is 43.0 Å². The van der Waals surface area contributed by atoms with E-state index in [-0.39, 0.29) is 0 Å². The van der Waals surface area contributed by atoms with Gasteiger partial charge in [-0.15, -0.1) is 0 Å². The molecule has 0 unspecified atom stereocenters. The highest BCUT2D eigenvalue weighted by atomic mass is 79.9. The zero-order valence-corrected chi connectivity index (χ0v) is 17.1. The van der Waals surface area contributed by atoms with E-state index in [4.69, 9.17) is 14.2 Å². The lowest BCUT2D eigenvalue weighted by atomic mass is 10.2. The van der Waals surface area contributed by atoms with Gasteiger partial charge in [0.25, 0.3) is 0 Å². The lowest BCUT2D eigenvalue weighted by molar-refractivity contribution is 0.0374. The van der Waals surface area contributed by atoms with Gasteiger partial charge in [-0.2, -0.15) is 0 Å². The van der Waals surface area contributed by atoms with Gasteiger partial charge in [0.15, 0.2) is 11.5 Å². The van der Waals surface area contributed by atoms with E-state index in [1.807, 2.05) is 13.0 Å². The number of benzene rings is 1. The minimum atomic E-state index is 0.635. The maximum Gasteiger partial charge on any atom is 0.162 e. The second kappa shape index (κ2) is 11.7. The molecule has 1 heterocycles. The van der Waals surface area contributed by atoms with Crippen molar-refractivity contribution in [3.8, 4) is 11.5 Å². The van der Waals surface area contributed by atoms with Crippen molar-refractivity contribution in [1.82, 2.24) is 10.2 Å². The number of nitrogens with one attached hydrogen (secondary N) is 1. The van der Waals surface area contributed by atoms with Crippen molar-refractivity contribution in [2.24, 2.45) is 0 Å². The molecule has 0 spiro atoms. The van der Waals surface area contributed by atoms with Gasteiger partial charge in [-0.1, -0.05) is 22.9 Å². The summed E-state index contributed by atoms with van der Waals surface area (Å²) in [5, 5.41) is 3.53. The Bertz CT molecular complexity index is 508. The van der Waals surface area contributed by atoms with Crippen LogP contribution in [0.15, 0.2) is 16.6 Å². The van der Waals surface area contributed by atoms with Crippen molar-refractivity contribution >= 4 is 15.9 Å². The molecular weight excluding hydrogens is 384 g/mol. The van der Waals surface area contributed by atoms with E-state index < -0.39 is 0 Å². The summed E-state index contributed by atoms with van der Waals surface area (Å²) in [5.74, 6) is 1.64. The Balaban J connectivity index is 1.80. The zero-order chi connectivity index (χ0) is 17.9. The molecule has 0 radical (unpaired) electrons. The first-order valence-electron chi connectivity index (χ1n) is 9.33. The molecule has 0 saturated carbocycles. The maximum atomic E-state index is 5.79. The summed E-state index contributed by atoms with van der Waals surface area (Å²) < 4.78 is 18.0. The van der Waals surface area contributed by atoms with E-state index in [9.17, 15) is 0 Å². The molecule has 2 rings (SSSR count). The summed E-state index contributed by atoms with van der Waals surface area (Å²) in [6.07, 6.45) is 2.13. The summed E-state index contributed by atoms with van der Waals surface area (Å²) in [6.45, 7) is 12.2. The average Bonchev–Trinajstić information content (AvgIpc) is 2.63. The fourth-order valence-corrected chi connectivity index (χ4v) is 3.24. The van der Waals surface area contributed by atoms with E-state index in [2.05, 4.69) is 39.1 Å². The average molecular weight is 415 g/mol. The highest BCUT2D eigenvalue weighted by molar-refractivity contribution is 9.10. The monoisotopic (exact) mass is 414 g/mol. The molecule has 0 atom stereocenters. The van der Waals surface area contributed by atoms with Gasteiger partial charge in [-0.25, -0.2) is 0 Å². The Morgan fingerprint density at radius 1 is 1.16 bits per heavy atom. The van der Waals surface area contributed by atoms with Gasteiger partial charge >= 0.3 is 0 Å². The highest BCUT2D eigenvalue weighted by Gasteiger charge is 2.11. The van der Waals surface area contributed by atoms with Crippen molar-refractivity contribution in [2.45, 2.75) is 33.2 Å². The van der Waals surface area contributed by atoms with Crippen LogP contribution in [0.1, 0.15) is 32.3 Å². The van der Waals surface area contributed by atoms with E-state index in [1.165, 1.54) is 5.56 Å². The van der Waals surface area contributed by atoms with Crippen LogP contribution in [0.5, 0.6) is 11.5 Å². The van der Waals surface area contributed by atoms with Crippen LogP contribution in [0, 0.1) is 0 Å². The molecular formula is C19H31BrN2O3. The van der Waals surface area contributed by atoms with Crippen LogP contribution in [0.3, 0.4) is 0 Å². The number of hydrogen-bond donors (Lipinski definition) is 1. The molecule has 0 amide bonds. The molecule has 1 saturated heterocycles.